The molecule has 0 aromatic heterocycles. The zero-order valence-corrected chi connectivity index (χ0v) is 11.4. The average molecular weight is 264 g/mol. The molecule has 4 heteroatoms. The van der Waals surface area contributed by atoms with Crippen LogP contribution in [0.2, 0.25) is 0 Å². The van der Waals surface area contributed by atoms with E-state index in [1.165, 1.54) is 0 Å². The van der Waals surface area contributed by atoms with Gasteiger partial charge in [-0.1, -0.05) is 12.1 Å². The quantitative estimate of drug-likeness (QED) is 0.766. The first-order valence-corrected chi connectivity index (χ1v) is 6.58. The third kappa shape index (κ3) is 3.70. The van der Waals surface area contributed by atoms with E-state index in [4.69, 9.17) is 14.2 Å². The first kappa shape index (κ1) is 13.9. The fourth-order valence-electron chi connectivity index (χ4n) is 2.42. The summed E-state index contributed by atoms with van der Waals surface area (Å²) in [4.78, 5) is 11.9. The Morgan fingerprint density at radius 1 is 1.16 bits per heavy atom. The molecule has 1 fully saturated rings. The van der Waals surface area contributed by atoms with Crippen molar-refractivity contribution in [1.29, 1.82) is 0 Å². The van der Waals surface area contributed by atoms with Crippen molar-refractivity contribution >= 4 is 5.97 Å². The molecule has 1 aromatic rings. The molecule has 0 bridgehead atoms. The van der Waals surface area contributed by atoms with Crippen molar-refractivity contribution in [3.63, 3.8) is 0 Å². The Balaban J connectivity index is 1.86. The Bertz CT molecular complexity index is 413. The van der Waals surface area contributed by atoms with Crippen molar-refractivity contribution < 1.29 is 19.0 Å². The van der Waals surface area contributed by atoms with Gasteiger partial charge in [0, 0.05) is 7.11 Å². The number of carbonyl (C=O) groups is 1. The van der Waals surface area contributed by atoms with Gasteiger partial charge in [-0.05, 0) is 37.0 Å². The number of benzene rings is 1. The number of esters is 1. The minimum absolute atomic E-state index is 0.0554. The molecule has 4 nitrogen and oxygen atoms in total. The molecule has 0 spiro atoms. The topological polar surface area (TPSA) is 44.8 Å². The van der Waals surface area contributed by atoms with Crippen LogP contribution in [0, 0.1) is 0 Å². The van der Waals surface area contributed by atoms with Crippen LogP contribution in [-0.4, -0.2) is 32.4 Å². The largest absolute Gasteiger partial charge is 0.497 e. The second-order valence-electron chi connectivity index (χ2n) is 4.76. The van der Waals surface area contributed by atoms with Gasteiger partial charge in [0.1, 0.15) is 11.9 Å². The van der Waals surface area contributed by atoms with Gasteiger partial charge in [0.05, 0.1) is 19.6 Å². The average Bonchev–Trinajstić information content (AvgIpc) is 2.86. The molecule has 0 saturated heterocycles. The zero-order chi connectivity index (χ0) is 13.7. The molecular formula is C15H20O4. The van der Waals surface area contributed by atoms with Crippen LogP contribution in [0.15, 0.2) is 24.3 Å². The summed E-state index contributed by atoms with van der Waals surface area (Å²) in [5, 5.41) is 0. The van der Waals surface area contributed by atoms with E-state index >= 15 is 0 Å². The second-order valence-corrected chi connectivity index (χ2v) is 4.76. The highest BCUT2D eigenvalue weighted by atomic mass is 16.6. The first-order chi connectivity index (χ1) is 9.22. The lowest BCUT2D eigenvalue weighted by molar-refractivity contribution is -0.153. The van der Waals surface area contributed by atoms with E-state index in [1.54, 1.807) is 14.2 Å². The van der Waals surface area contributed by atoms with Crippen LogP contribution in [0.5, 0.6) is 5.75 Å². The molecular weight excluding hydrogens is 244 g/mol. The van der Waals surface area contributed by atoms with Crippen molar-refractivity contribution in [2.24, 2.45) is 0 Å². The van der Waals surface area contributed by atoms with Gasteiger partial charge in [0.2, 0.25) is 0 Å². The molecule has 1 aliphatic rings. The van der Waals surface area contributed by atoms with Gasteiger partial charge < -0.3 is 14.2 Å². The Morgan fingerprint density at radius 3 is 2.47 bits per heavy atom. The predicted octanol–water partition coefficient (Wildman–Crippen LogP) is 2.35. The van der Waals surface area contributed by atoms with Crippen LogP contribution < -0.4 is 4.74 Å². The molecule has 1 aromatic carbocycles. The number of rotatable bonds is 5. The Kier molecular flexibility index (Phi) is 4.80. The fourth-order valence-corrected chi connectivity index (χ4v) is 2.42. The van der Waals surface area contributed by atoms with E-state index in [0.29, 0.717) is 0 Å². The lowest BCUT2D eigenvalue weighted by Gasteiger charge is -2.18. The maximum atomic E-state index is 11.9. The van der Waals surface area contributed by atoms with E-state index in [2.05, 4.69) is 0 Å². The van der Waals surface area contributed by atoms with Crippen LogP contribution in [0.25, 0.3) is 0 Å². The summed E-state index contributed by atoms with van der Waals surface area (Å²) in [6.07, 6.45) is 3.18. The molecule has 1 saturated carbocycles. The van der Waals surface area contributed by atoms with Crippen molar-refractivity contribution in [1.82, 2.24) is 0 Å². The van der Waals surface area contributed by atoms with Gasteiger partial charge in [0.25, 0.3) is 0 Å². The molecule has 0 radical (unpaired) electrons. The number of methoxy groups -OCH3 is 2. The third-order valence-corrected chi connectivity index (χ3v) is 3.49. The highest BCUT2D eigenvalue weighted by Crippen LogP contribution is 2.24. The molecule has 0 aliphatic heterocycles. The van der Waals surface area contributed by atoms with Gasteiger partial charge in [-0.2, -0.15) is 0 Å². The summed E-state index contributed by atoms with van der Waals surface area (Å²) in [7, 11) is 3.29. The summed E-state index contributed by atoms with van der Waals surface area (Å²) >= 11 is 0. The summed E-state index contributed by atoms with van der Waals surface area (Å²) in [6.45, 7) is 0. The molecule has 2 rings (SSSR count). The van der Waals surface area contributed by atoms with E-state index in [9.17, 15) is 4.79 Å². The van der Waals surface area contributed by atoms with E-state index in [1.807, 2.05) is 24.3 Å². The van der Waals surface area contributed by atoms with Gasteiger partial charge in [-0.25, -0.2) is 0 Å². The Labute approximate surface area is 113 Å². The third-order valence-electron chi connectivity index (χ3n) is 3.49. The summed E-state index contributed by atoms with van der Waals surface area (Å²) in [6, 6.07) is 7.44. The van der Waals surface area contributed by atoms with Crippen LogP contribution in [0.4, 0.5) is 0 Å². The van der Waals surface area contributed by atoms with Gasteiger partial charge in [0.15, 0.2) is 0 Å². The molecule has 2 atom stereocenters. The molecule has 0 unspecified atom stereocenters. The molecule has 1 aliphatic carbocycles. The van der Waals surface area contributed by atoms with Crippen LogP contribution >= 0.6 is 0 Å². The molecule has 0 heterocycles. The van der Waals surface area contributed by atoms with Crippen LogP contribution in [-0.2, 0) is 20.7 Å². The normalized spacial score (nSPS) is 22.2. The number of hydrogen-bond donors (Lipinski definition) is 0. The molecule has 104 valence electrons. The standard InChI is InChI=1S/C15H20O4/c1-17-12-8-6-11(7-9-12)10-15(16)19-14-5-3-4-13(14)18-2/h6-9,13-14H,3-5,10H2,1-2H3/t13-,14+/m1/s1. The highest BCUT2D eigenvalue weighted by molar-refractivity contribution is 5.72. The maximum absolute atomic E-state index is 11.9. The maximum Gasteiger partial charge on any atom is 0.310 e. The van der Waals surface area contributed by atoms with E-state index in [0.717, 1.165) is 30.6 Å². The zero-order valence-electron chi connectivity index (χ0n) is 11.4. The van der Waals surface area contributed by atoms with Crippen molar-refractivity contribution in [2.75, 3.05) is 14.2 Å². The van der Waals surface area contributed by atoms with Crippen LogP contribution in [0.3, 0.4) is 0 Å². The highest BCUT2D eigenvalue weighted by Gasteiger charge is 2.30. The molecule has 0 amide bonds. The molecule has 19 heavy (non-hydrogen) atoms. The first-order valence-electron chi connectivity index (χ1n) is 6.58. The minimum atomic E-state index is -0.195. The minimum Gasteiger partial charge on any atom is -0.497 e. The van der Waals surface area contributed by atoms with Crippen molar-refractivity contribution in [3.8, 4) is 5.75 Å². The monoisotopic (exact) mass is 264 g/mol. The van der Waals surface area contributed by atoms with Gasteiger partial charge in [-0.3, -0.25) is 4.79 Å². The van der Waals surface area contributed by atoms with Crippen molar-refractivity contribution in [3.05, 3.63) is 29.8 Å². The van der Waals surface area contributed by atoms with Crippen LogP contribution in [0.1, 0.15) is 24.8 Å². The van der Waals surface area contributed by atoms with E-state index < -0.39 is 0 Å². The lowest BCUT2D eigenvalue weighted by Crippen LogP contribution is -2.28. The number of hydrogen-bond acceptors (Lipinski definition) is 4. The van der Waals surface area contributed by atoms with Crippen molar-refractivity contribution in [2.45, 2.75) is 37.9 Å². The Hall–Kier alpha value is -1.55. The lowest BCUT2D eigenvalue weighted by atomic mass is 10.1. The number of carbonyl (C=O) groups excluding carboxylic acids is 1. The molecule has 0 N–H and O–H groups in total. The smallest absolute Gasteiger partial charge is 0.310 e. The summed E-state index contributed by atoms with van der Waals surface area (Å²) in [5.74, 6) is 0.589. The van der Waals surface area contributed by atoms with Gasteiger partial charge in [-0.15, -0.1) is 0 Å². The predicted molar refractivity (Wildman–Crippen MR) is 71.2 cm³/mol. The SMILES string of the molecule is COc1ccc(CC(=O)O[C@H]2CCC[C@H]2OC)cc1. The van der Waals surface area contributed by atoms with Gasteiger partial charge >= 0.3 is 5.97 Å². The number of ether oxygens (including phenoxy) is 3. The Morgan fingerprint density at radius 2 is 1.84 bits per heavy atom. The van der Waals surface area contributed by atoms with E-state index in [-0.39, 0.29) is 24.6 Å². The fraction of sp³-hybridized carbons (Fsp3) is 0.533. The summed E-state index contributed by atoms with van der Waals surface area (Å²) in [5.41, 5.74) is 0.928. The summed E-state index contributed by atoms with van der Waals surface area (Å²) < 4.78 is 15.9. The second kappa shape index (κ2) is 6.57.